The van der Waals surface area contributed by atoms with Crippen molar-refractivity contribution in [1.29, 1.82) is 0 Å². The number of oxime groups is 1. The van der Waals surface area contributed by atoms with Crippen molar-refractivity contribution >= 4 is 21.6 Å². The van der Waals surface area contributed by atoms with Crippen LogP contribution in [-0.2, 0) is 14.6 Å². The molecule has 1 aliphatic carbocycles. The van der Waals surface area contributed by atoms with Crippen LogP contribution in [0.3, 0.4) is 0 Å². The third-order valence-electron chi connectivity index (χ3n) is 3.68. The van der Waals surface area contributed by atoms with E-state index in [-0.39, 0.29) is 5.84 Å². The molecule has 110 valence electrons. The van der Waals surface area contributed by atoms with Crippen LogP contribution in [0.4, 0.5) is 0 Å². The molecule has 7 nitrogen and oxygen atoms in total. The molecule has 1 saturated carbocycles. The fourth-order valence-corrected chi connectivity index (χ4v) is 2.68. The molecule has 0 radical (unpaired) electrons. The van der Waals surface area contributed by atoms with Crippen LogP contribution in [-0.4, -0.2) is 42.4 Å². The lowest BCUT2D eigenvalue weighted by Gasteiger charge is -2.37. The summed E-state index contributed by atoms with van der Waals surface area (Å²) in [5, 5.41) is 13.3. The van der Waals surface area contributed by atoms with Crippen molar-refractivity contribution in [3.63, 3.8) is 0 Å². The average Bonchev–Trinajstić information content (AvgIpc) is 2.36. The van der Waals surface area contributed by atoms with Gasteiger partial charge in [0.1, 0.15) is 10.8 Å². The number of nitrogens with one attached hydrogen (secondary N) is 1. The molecule has 8 heteroatoms. The summed E-state index contributed by atoms with van der Waals surface area (Å²) in [6.07, 6.45) is 4.79. The maximum atomic E-state index is 12.0. The maximum Gasteiger partial charge on any atom is 0.238 e. The molecular weight excluding hydrogens is 270 g/mol. The number of hydrogen-bond donors (Lipinski definition) is 3. The van der Waals surface area contributed by atoms with E-state index in [0.717, 1.165) is 25.5 Å². The van der Waals surface area contributed by atoms with Crippen LogP contribution in [0.1, 0.15) is 39.0 Å². The van der Waals surface area contributed by atoms with Crippen LogP contribution in [0.2, 0.25) is 0 Å². The standard InChI is InChI=1S/C11H21N3O4S/c1-8(19(2,17)18)9(15)13-11(10(12)14-16)6-4-3-5-7-11/h8,16H,3-7H2,1-2H3,(H2,12,14)(H,13,15). The monoisotopic (exact) mass is 291 g/mol. The predicted octanol–water partition coefficient (Wildman–Crippen LogP) is -0.0150. The van der Waals surface area contributed by atoms with Gasteiger partial charge in [-0.1, -0.05) is 24.4 Å². The normalized spacial score (nSPS) is 21.7. The SMILES string of the molecule is CC(C(=O)NC1(C(N)=NO)CCCCC1)S(C)(=O)=O. The first-order chi connectivity index (χ1) is 8.73. The Morgan fingerprint density at radius 3 is 2.32 bits per heavy atom. The van der Waals surface area contributed by atoms with E-state index in [9.17, 15) is 13.2 Å². The number of rotatable bonds is 4. The molecule has 1 rings (SSSR count). The number of nitrogens with two attached hydrogens (primary N) is 1. The van der Waals surface area contributed by atoms with Crippen molar-refractivity contribution in [3.05, 3.63) is 0 Å². The quantitative estimate of drug-likeness (QED) is 0.291. The lowest BCUT2D eigenvalue weighted by atomic mass is 9.80. The van der Waals surface area contributed by atoms with Gasteiger partial charge in [0.2, 0.25) is 5.91 Å². The van der Waals surface area contributed by atoms with E-state index in [1.807, 2.05) is 0 Å². The van der Waals surface area contributed by atoms with Gasteiger partial charge in [0.05, 0.1) is 0 Å². The van der Waals surface area contributed by atoms with E-state index in [0.29, 0.717) is 12.8 Å². The number of carbonyl (C=O) groups excluding carboxylic acids is 1. The van der Waals surface area contributed by atoms with E-state index < -0.39 is 26.5 Å². The number of nitrogens with zero attached hydrogens (tertiary/aromatic N) is 1. The lowest BCUT2D eigenvalue weighted by Crippen LogP contribution is -2.60. The Morgan fingerprint density at radius 1 is 1.37 bits per heavy atom. The van der Waals surface area contributed by atoms with Gasteiger partial charge in [-0.05, 0) is 19.8 Å². The zero-order chi connectivity index (χ0) is 14.7. The summed E-state index contributed by atoms with van der Waals surface area (Å²) in [6, 6.07) is 0. The summed E-state index contributed by atoms with van der Waals surface area (Å²) in [7, 11) is -3.47. The Balaban J connectivity index is 2.93. The molecule has 0 aliphatic heterocycles. The smallest absolute Gasteiger partial charge is 0.238 e. The average molecular weight is 291 g/mol. The van der Waals surface area contributed by atoms with E-state index in [4.69, 9.17) is 10.9 Å². The molecule has 0 heterocycles. The number of carbonyl (C=O) groups is 1. The third-order valence-corrected chi connectivity index (χ3v) is 5.18. The minimum Gasteiger partial charge on any atom is -0.409 e. The first kappa shape index (κ1) is 15.7. The van der Waals surface area contributed by atoms with Crippen molar-refractivity contribution in [1.82, 2.24) is 5.32 Å². The molecule has 1 atom stereocenters. The fraction of sp³-hybridized carbons (Fsp3) is 0.818. The molecule has 1 unspecified atom stereocenters. The Kier molecular flexibility index (Phi) is 4.78. The molecule has 1 amide bonds. The minimum absolute atomic E-state index is 0.0683. The second-order valence-electron chi connectivity index (χ2n) is 5.09. The third kappa shape index (κ3) is 3.59. The van der Waals surface area contributed by atoms with Crippen molar-refractivity contribution in [2.24, 2.45) is 10.9 Å². The summed E-state index contributed by atoms with van der Waals surface area (Å²) in [4.78, 5) is 12.0. The second-order valence-corrected chi connectivity index (χ2v) is 7.46. The molecule has 0 spiro atoms. The Hall–Kier alpha value is -1.31. The number of amidine groups is 1. The molecule has 0 bridgehead atoms. The lowest BCUT2D eigenvalue weighted by molar-refractivity contribution is -0.121. The molecule has 0 aromatic heterocycles. The molecule has 0 saturated heterocycles. The highest BCUT2D eigenvalue weighted by molar-refractivity contribution is 7.92. The van der Waals surface area contributed by atoms with Crippen LogP contribution in [0.25, 0.3) is 0 Å². The zero-order valence-corrected chi connectivity index (χ0v) is 12.0. The maximum absolute atomic E-state index is 12.0. The van der Waals surface area contributed by atoms with Gasteiger partial charge in [-0.3, -0.25) is 4.79 Å². The number of hydrogen-bond acceptors (Lipinski definition) is 5. The van der Waals surface area contributed by atoms with Crippen LogP contribution in [0.5, 0.6) is 0 Å². The molecule has 1 fully saturated rings. The first-order valence-electron chi connectivity index (χ1n) is 6.22. The zero-order valence-electron chi connectivity index (χ0n) is 11.2. The van der Waals surface area contributed by atoms with Crippen LogP contribution >= 0.6 is 0 Å². The summed E-state index contributed by atoms with van der Waals surface area (Å²) < 4.78 is 22.8. The van der Waals surface area contributed by atoms with Gasteiger partial charge in [-0.15, -0.1) is 0 Å². The van der Waals surface area contributed by atoms with Gasteiger partial charge < -0.3 is 16.3 Å². The summed E-state index contributed by atoms with van der Waals surface area (Å²) in [5.41, 5.74) is 4.75. The van der Waals surface area contributed by atoms with Gasteiger partial charge in [-0.2, -0.15) is 0 Å². The first-order valence-corrected chi connectivity index (χ1v) is 8.17. The van der Waals surface area contributed by atoms with Crippen molar-refractivity contribution in [2.75, 3.05) is 6.26 Å². The fourth-order valence-electron chi connectivity index (χ4n) is 2.23. The van der Waals surface area contributed by atoms with Gasteiger partial charge in [0, 0.05) is 6.26 Å². The van der Waals surface area contributed by atoms with Crippen LogP contribution < -0.4 is 11.1 Å². The van der Waals surface area contributed by atoms with Gasteiger partial charge in [0.15, 0.2) is 15.7 Å². The summed E-state index contributed by atoms with van der Waals surface area (Å²) >= 11 is 0. The number of sulfone groups is 1. The molecule has 19 heavy (non-hydrogen) atoms. The van der Waals surface area contributed by atoms with E-state index in [1.54, 1.807) is 0 Å². The largest absolute Gasteiger partial charge is 0.409 e. The van der Waals surface area contributed by atoms with E-state index >= 15 is 0 Å². The molecule has 1 aliphatic rings. The molecule has 0 aromatic rings. The Labute approximate surface area is 113 Å². The highest BCUT2D eigenvalue weighted by Gasteiger charge is 2.40. The highest BCUT2D eigenvalue weighted by Crippen LogP contribution is 2.28. The van der Waals surface area contributed by atoms with Crippen molar-refractivity contribution < 1.29 is 18.4 Å². The van der Waals surface area contributed by atoms with Crippen LogP contribution in [0.15, 0.2) is 5.16 Å². The minimum atomic E-state index is -3.47. The molecular formula is C11H21N3O4S. The second kappa shape index (κ2) is 5.77. The highest BCUT2D eigenvalue weighted by atomic mass is 32.2. The number of amides is 1. The Morgan fingerprint density at radius 2 is 1.89 bits per heavy atom. The Bertz CT molecular complexity index is 466. The van der Waals surface area contributed by atoms with Gasteiger partial charge in [-0.25, -0.2) is 8.42 Å². The van der Waals surface area contributed by atoms with Crippen molar-refractivity contribution in [2.45, 2.75) is 49.8 Å². The summed E-state index contributed by atoms with van der Waals surface area (Å²) in [5.74, 6) is -0.683. The van der Waals surface area contributed by atoms with E-state index in [1.165, 1.54) is 6.92 Å². The molecule has 0 aromatic carbocycles. The van der Waals surface area contributed by atoms with E-state index in [2.05, 4.69) is 10.5 Å². The topological polar surface area (TPSA) is 122 Å². The van der Waals surface area contributed by atoms with Crippen molar-refractivity contribution in [3.8, 4) is 0 Å². The van der Waals surface area contributed by atoms with Crippen LogP contribution in [0, 0.1) is 0 Å². The molecule has 4 N–H and O–H groups in total. The predicted molar refractivity (Wildman–Crippen MR) is 71.7 cm³/mol. The summed E-state index contributed by atoms with van der Waals surface area (Å²) in [6.45, 7) is 1.33. The van der Waals surface area contributed by atoms with Gasteiger partial charge >= 0.3 is 0 Å². The van der Waals surface area contributed by atoms with Gasteiger partial charge in [0.25, 0.3) is 0 Å².